The Morgan fingerprint density at radius 1 is 1.32 bits per heavy atom. The van der Waals surface area contributed by atoms with Gasteiger partial charge in [-0.1, -0.05) is 13.0 Å². The van der Waals surface area contributed by atoms with Crippen molar-refractivity contribution in [2.75, 3.05) is 28.4 Å². The number of likely N-dealkylation sites (tertiary alicyclic amines) is 1. The molecule has 1 aliphatic carbocycles. The van der Waals surface area contributed by atoms with Crippen molar-refractivity contribution < 1.29 is 33.8 Å². The molecule has 2 fully saturated rings. The second-order valence-electron chi connectivity index (χ2n) is 7.96. The minimum Gasteiger partial charge on any atom is -0.493 e. The molecule has 1 aliphatic heterocycles. The minimum absolute atomic E-state index is 0.141. The van der Waals surface area contributed by atoms with Crippen molar-refractivity contribution >= 4 is 11.9 Å². The molecule has 1 saturated carbocycles. The molecule has 0 radical (unpaired) electrons. The number of esters is 1. The molecular weight excluding hydrogens is 408 g/mol. The molecule has 1 aromatic rings. The molecule has 31 heavy (non-hydrogen) atoms. The van der Waals surface area contributed by atoms with E-state index < -0.39 is 22.7 Å². The van der Waals surface area contributed by atoms with Crippen LogP contribution < -0.4 is 9.47 Å². The number of carbonyl (C=O) groups excluding carboxylic acids is 2. The molecule has 3 rings (SSSR count). The molecular formula is C21H30N2O8. The standard InChI is InChI=1S/C20H27NO6.CH3NO2/c1-12-7-14-10-18(22)21(20(14,24)11-12)15(19(23)27-4)8-13-5-6-16(25-2)17(9-13)26-3;1-2(3)4/h5-6,9,12,14-15,24H,7-8,10-11H2,1-4H3;1H3. The zero-order chi connectivity index (χ0) is 23.3. The fourth-order valence-corrected chi connectivity index (χ4v) is 4.59. The Hall–Kier alpha value is -2.88. The van der Waals surface area contributed by atoms with Crippen molar-refractivity contribution in [1.29, 1.82) is 0 Å². The third-order valence-corrected chi connectivity index (χ3v) is 5.76. The van der Waals surface area contributed by atoms with Crippen LogP contribution in [0.3, 0.4) is 0 Å². The number of hydrogen-bond donors (Lipinski definition) is 1. The van der Waals surface area contributed by atoms with E-state index in [9.17, 15) is 14.7 Å². The summed E-state index contributed by atoms with van der Waals surface area (Å²) in [5.74, 6) is 0.540. The van der Waals surface area contributed by atoms with E-state index in [0.717, 1.165) is 19.0 Å². The molecule has 1 N–H and O–H groups in total. The number of aliphatic hydroxyl groups is 1. The molecule has 4 atom stereocenters. The molecule has 10 heteroatoms. The Morgan fingerprint density at radius 3 is 2.48 bits per heavy atom. The maximum absolute atomic E-state index is 12.7. The lowest BCUT2D eigenvalue weighted by molar-refractivity contribution is -0.445. The molecule has 0 bridgehead atoms. The van der Waals surface area contributed by atoms with Gasteiger partial charge in [0.25, 0.3) is 0 Å². The summed E-state index contributed by atoms with van der Waals surface area (Å²) >= 11 is 0. The molecule has 0 aromatic heterocycles. The van der Waals surface area contributed by atoms with Gasteiger partial charge in [-0.05, 0) is 36.5 Å². The van der Waals surface area contributed by atoms with Crippen molar-refractivity contribution in [3.05, 3.63) is 33.9 Å². The topological polar surface area (TPSA) is 128 Å². The maximum Gasteiger partial charge on any atom is 0.329 e. The highest BCUT2D eigenvalue weighted by Crippen LogP contribution is 2.49. The lowest BCUT2D eigenvalue weighted by atomic mass is 9.98. The number of amides is 1. The van der Waals surface area contributed by atoms with Crippen LogP contribution in [0.1, 0.15) is 31.7 Å². The monoisotopic (exact) mass is 438 g/mol. The highest BCUT2D eigenvalue weighted by molar-refractivity contribution is 5.87. The summed E-state index contributed by atoms with van der Waals surface area (Å²) in [5, 5.41) is 20.1. The summed E-state index contributed by atoms with van der Waals surface area (Å²) in [6.45, 7) is 2.06. The SMILES string of the molecule is COC(=O)C(Cc1ccc(OC)c(OC)c1)N1C(=O)CC2CC(C)CC21O.C[N+](=O)[O-]. The number of rotatable bonds is 6. The predicted molar refractivity (Wildman–Crippen MR) is 110 cm³/mol. The largest absolute Gasteiger partial charge is 0.493 e. The Balaban J connectivity index is 0.000000785. The Morgan fingerprint density at radius 2 is 1.94 bits per heavy atom. The molecule has 1 aromatic carbocycles. The lowest BCUT2D eigenvalue weighted by Crippen LogP contribution is -2.56. The van der Waals surface area contributed by atoms with Gasteiger partial charge >= 0.3 is 5.97 Å². The number of ether oxygens (including phenoxy) is 3. The Bertz CT molecular complexity index is 826. The van der Waals surface area contributed by atoms with Crippen molar-refractivity contribution in [1.82, 2.24) is 4.90 Å². The first-order valence-corrected chi connectivity index (χ1v) is 9.98. The van der Waals surface area contributed by atoms with Gasteiger partial charge in [-0.15, -0.1) is 0 Å². The quantitative estimate of drug-likeness (QED) is 0.403. The molecule has 0 spiro atoms. The fraction of sp³-hybridized carbons (Fsp3) is 0.619. The average molecular weight is 438 g/mol. The highest BCUT2D eigenvalue weighted by atomic mass is 16.6. The van der Waals surface area contributed by atoms with Gasteiger partial charge < -0.3 is 19.3 Å². The molecule has 1 heterocycles. The van der Waals surface area contributed by atoms with E-state index in [1.165, 1.54) is 19.1 Å². The van der Waals surface area contributed by atoms with E-state index in [4.69, 9.17) is 24.3 Å². The van der Waals surface area contributed by atoms with Crippen LogP contribution in [0.4, 0.5) is 0 Å². The van der Waals surface area contributed by atoms with Crippen molar-refractivity contribution in [2.24, 2.45) is 11.8 Å². The van der Waals surface area contributed by atoms with Gasteiger partial charge in [0.05, 0.1) is 21.3 Å². The van der Waals surface area contributed by atoms with E-state index in [1.54, 1.807) is 19.2 Å². The smallest absolute Gasteiger partial charge is 0.329 e. The molecule has 2 aliphatic rings. The zero-order valence-corrected chi connectivity index (χ0v) is 18.5. The summed E-state index contributed by atoms with van der Waals surface area (Å²) in [6.07, 6.45) is 1.74. The fourth-order valence-electron chi connectivity index (χ4n) is 4.59. The summed E-state index contributed by atoms with van der Waals surface area (Å²) in [6, 6.07) is 4.45. The zero-order valence-electron chi connectivity index (χ0n) is 18.5. The van der Waals surface area contributed by atoms with Gasteiger partial charge in [0.15, 0.2) is 18.5 Å². The number of carbonyl (C=O) groups is 2. The number of methoxy groups -OCH3 is 3. The van der Waals surface area contributed by atoms with Gasteiger partial charge in [-0.3, -0.25) is 19.8 Å². The Labute approximate surface area is 181 Å². The van der Waals surface area contributed by atoms with E-state index in [0.29, 0.717) is 23.8 Å². The van der Waals surface area contributed by atoms with Crippen LogP contribution in [0, 0.1) is 22.0 Å². The first-order chi connectivity index (χ1) is 14.6. The number of benzene rings is 1. The summed E-state index contributed by atoms with van der Waals surface area (Å²) in [4.78, 5) is 34.9. The molecule has 172 valence electrons. The maximum atomic E-state index is 12.7. The molecule has 4 unspecified atom stereocenters. The van der Waals surface area contributed by atoms with Crippen molar-refractivity contribution in [2.45, 2.75) is 44.4 Å². The van der Waals surface area contributed by atoms with Gasteiger partial charge in [0.1, 0.15) is 11.8 Å². The van der Waals surface area contributed by atoms with Crippen LogP contribution in [0.15, 0.2) is 18.2 Å². The first kappa shape index (κ1) is 24.4. The second-order valence-corrected chi connectivity index (χ2v) is 7.96. The van der Waals surface area contributed by atoms with Crippen LogP contribution in [0.25, 0.3) is 0 Å². The first-order valence-electron chi connectivity index (χ1n) is 9.98. The van der Waals surface area contributed by atoms with Gasteiger partial charge in [0.2, 0.25) is 5.91 Å². The normalized spacial score (nSPS) is 25.2. The van der Waals surface area contributed by atoms with Crippen LogP contribution in [-0.2, 0) is 20.7 Å². The van der Waals surface area contributed by atoms with Gasteiger partial charge in [-0.25, -0.2) is 4.79 Å². The van der Waals surface area contributed by atoms with E-state index >= 15 is 0 Å². The van der Waals surface area contributed by atoms with Crippen molar-refractivity contribution in [3.63, 3.8) is 0 Å². The Kier molecular flexibility index (Phi) is 7.83. The van der Waals surface area contributed by atoms with Crippen LogP contribution in [0.5, 0.6) is 11.5 Å². The van der Waals surface area contributed by atoms with Crippen LogP contribution >= 0.6 is 0 Å². The molecule has 10 nitrogen and oxygen atoms in total. The molecule has 1 amide bonds. The highest BCUT2D eigenvalue weighted by Gasteiger charge is 2.59. The summed E-state index contributed by atoms with van der Waals surface area (Å²) in [5.41, 5.74) is -0.500. The molecule has 1 saturated heterocycles. The van der Waals surface area contributed by atoms with E-state index in [1.807, 2.05) is 6.07 Å². The van der Waals surface area contributed by atoms with Gasteiger partial charge in [-0.2, -0.15) is 0 Å². The van der Waals surface area contributed by atoms with Crippen molar-refractivity contribution in [3.8, 4) is 11.5 Å². The number of nitrogens with zero attached hydrogens (tertiary/aromatic N) is 2. The third-order valence-electron chi connectivity index (χ3n) is 5.76. The average Bonchev–Trinajstić information content (AvgIpc) is 3.11. The van der Waals surface area contributed by atoms with E-state index in [2.05, 4.69) is 6.92 Å². The lowest BCUT2D eigenvalue weighted by Gasteiger charge is -2.38. The number of nitro groups is 1. The number of fused-ring (bicyclic) bond motifs is 1. The van der Waals surface area contributed by atoms with Crippen LogP contribution in [0.2, 0.25) is 0 Å². The third kappa shape index (κ3) is 5.25. The van der Waals surface area contributed by atoms with E-state index in [-0.39, 0.29) is 24.7 Å². The van der Waals surface area contributed by atoms with Crippen LogP contribution in [-0.4, -0.2) is 67.0 Å². The summed E-state index contributed by atoms with van der Waals surface area (Å²) in [7, 11) is 5.27. The second kappa shape index (κ2) is 9.95. The summed E-state index contributed by atoms with van der Waals surface area (Å²) < 4.78 is 15.5. The van der Waals surface area contributed by atoms with Gasteiger partial charge in [0, 0.05) is 23.7 Å². The predicted octanol–water partition coefficient (Wildman–Crippen LogP) is 1.65. The minimum atomic E-state index is -1.29. The number of hydrogen-bond acceptors (Lipinski definition) is 8.